The van der Waals surface area contributed by atoms with Gasteiger partial charge in [-0.1, -0.05) is 24.3 Å². The van der Waals surface area contributed by atoms with E-state index in [2.05, 4.69) is 17.0 Å². The molecule has 1 aliphatic rings. The van der Waals surface area contributed by atoms with Crippen molar-refractivity contribution in [3.05, 3.63) is 35.4 Å². The second-order valence-electron chi connectivity index (χ2n) is 5.68. The number of carbonyl (C=O) groups excluding carboxylic acids is 1. The maximum absolute atomic E-state index is 11.5. The van der Waals surface area contributed by atoms with Crippen LogP contribution in [0.2, 0.25) is 0 Å². The zero-order valence-corrected chi connectivity index (χ0v) is 13.6. The molecule has 0 radical (unpaired) electrons. The molecule has 22 heavy (non-hydrogen) atoms. The van der Waals surface area contributed by atoms with Gasteiger partial charge in [0, 0.05) is 13.0 Å². The van der Waals surface area contributed by atoms with E-state index in [1.54, 1.807) is 0 Å². The van der Waals surface area contributed by atoms with Gasteiger partial charge in [-0.15, -0.1) is 0 Å². The van der Waals surface area contributed by atoms with Gasteiger partial charge in [-0.25, -0.2) is 0 Å². The number of carbonyl (C=O) groups is 1. The third kappa shape index (κ3) is 5.78. The number of ether oxygens (including phenoxy) is 2. The molecule has 0 amide bonds. The van der Waals surface area contributed by atoms with Crippen molar-refractivity contribution < 1.29 is 14.3 Å². The van der Waals surface area contributed by atoms with Crippen LogP contribution in [0, 0.1) is 0 Å². The number of likely N-dealkylation sites (tertiary alicyclic amines) is 1. The molecule has 4 nitrogen and oxygen atoms in total. The fourth-order valence-corrected chi connectivity index (χ4v) is 2.79. The van der Waals surface area contributed by atoms with Crippen molar-refractivity contribution in [2.45, 2.75) is 39.2 Å². The molecule has 1 aromatic rings. The number of aryl methyl sites for hydroxylation is 1. The van der Waals surface area contributed by atoms with Crippen molar-refractivity contribution in [1.82, 2.24) is 4.90 Å². The first-order chi connectivity index (χ1) is 10.8. The Labute approximate surface area is 133 Å². The predicted octanol–water partition coefficient (Wildman–Crippen LogP) is 2.79. The van der Waals surface area contributed by atoms with Gasteiger partial charge in [0.05, 0.1) is 19.8 Å². The second kappa shape index (κ2) is 9.59. The molecule has 122 valence electrons. The second-order valence-corrected chi connectivity index (χ2v) is 5.68. The smallest absolute Gasteiger partial charge is 0.306 e. The maximum Gasteiger partial charge on any atom is 0.306 e. The van der Waals surface area contributed by atoms with E-state index in [-0.39, 0.29) is 5.97 Å². The van der Waals surface area contributed by atoms with Crippen molar-refractivity contribution in [3.63, 3.8) is 0 Å². The topological polar surface area (TPSA) is 38.8 Å². The summed E-state index contributed by atoms with van der Waals surface area (Å²) in [5.74, 6) is -0.132. The van der Waals surface area contributed by atoms with Crippen LogP contribution in [0.4, 0.5) is 0 Å². The van der Waals surface area contributed by atoms with Gasteiger partial charge < -0.3 is 14.4 Å². The Bertz CT molecular complexity index is 455. The lowest BCUT2D eigenvalue weighted by Crippen LogP contribution is -2.24. The highest BCUT2D eigenvalue weighted by Crippen LogP contribution is 2.13. The van der Waals surface area contributed by atoms with E-state index in [4.69, 9.17) is 9.47 Å². The Kier molecular flexibility index (Phi) is 7.40. The number of rotatable bonds is 9. The van der Waals surface area contributed by atoms with Crippen molar-refractivity contribution in [2.75, 3.05) is 32.8 Å². The van der Waals surface area contributed by atoms with Crippen LogP contribution in [0.15, 0.2) is 24.3 Å². The predicted molar refractivity (Wildman–Crippen MR) is 86.7 cm³/mol. The minimum absolute atomic E-state index is 0.132. The molecule has 0 atom stereocenters. The number of esters is 1. The molecule has 0 unspecified atom stereocenters. The molecule has 0 bridgehead atoms. The molecule has 0 N–H and O–H groups in total. The van der Waals surface area contributed by atoms with E-state index in [9.17, 15) is 4.79 Å². The average Bonchev–Trinajstić information content (AvgIpc) is 3.04. The first-order valence-electron chi connectivity index (χ1n) is 8.32. The van der Waals surface area contributed by atoms with E-state index in [1.807, 2.05) is 19.1 Å². The largest absolute Gasteiger partial charge is 0.466 e. The molecular weight excluding hydrogens is 278 g/mol. The van der Waals surface area contributed by atoms with Crippen LogP contribution in [0.5, 0.6) is 0 Å². The number of hydrogen-bond acceptors (Lipinski definition) is 4. The Morgan fingerprint density at radius 3 is 2.64 bits per heavy atom. The Morgan fingerprint density at radius 2 is 1.91 bits per heavy atom. The highest BCUT2D eigenvalue weighted by Gasteiger charge is 2.11. The number of nitrogens with zero attached hydrogens (tertiary/aromatic N) is 1. The minimum Gasteiger partial charge on any atom is -0.466 e. The number of benzene rings is 1. The van der Waals surface area contributed by atoms with Crippen LogP contribution in [0.1, 0.15) is 37.3 Å². The van der Waals surface area contributed by atoms with Crippen molar-refractivity contribution in [3.8, 4) is 0 Å². The molecule has 1 aliphatic heterocycles. The van der Waals surface area contributed by atoms with Crippen molar-refractivity contribution in [2.24, 2.45) is 0 Å². The van der Waals surface area contributed by atoms with Crippen LogP contribution < -0.4 is 0 Å². The first kappa shape index (κ1) is 17.0. The molecule has 0 aromatic heterocycles. The lowest BCUT2D eigenvalue weighted by atomic mass is 10.0. The third-order valence-electron chi connectivity index (χ3n) is 4.03. The van der Waals surface area contributed by atoms with Gasteiger partial charge in [0.2, 0.25) is 0 Å². The van der Waals surface area contributed by atoms with Gasteiger partial charge in [-0.2, -0.15) is 0 Å². The lowest BCUT2D eigenvalue weighted by Gasteiger charge is -2.15. The average molecular weight is 305 g/mol. The SMILES string of the molecule is CCOC(=O)CCc1ccccc1COCCN1CCCC1. The van der Waals surface area contributed by atoms with Crippen LogP contribution in [-0.2, 0) is 27.3 Å². The quantitative estimate of drug-likeness (QED) is 0.519. The van der Waals surface area contributed by atoms with E-state index in [1.165, 1.54) is 37.1 Å². The number of hydrogen-bond donors (Lipinski definition) is 0. The molecule has 0 saturated carbocycles. The zero-order chi connectivity index (χ0) is 15.6. The molecule has 1 heterocycles. The molecule has 0 spiro atoms. The monoisotopic (exact) mass is 305 g/mol. The summed E-state index contributed by atoms with van der Waals surface area (Å²) in [6.07, 6.45) is 3.77. The molecule has 2 rings (SSSR count). The standard InChI is InChI=1S/C18H27NO3/c1-2-22-18(20)10-9-16-7-3-4-8-17(16)15-21-14-13-19-11-5-6-12-19/h3-4,7-8H,2,5-6,9-15H2,1H3. The van der Waals surface area contributed by atoms with Crippen molar-refractivity contribution >= 4 is 5.97 Å². The van der Waals surface area contributed by atoms with Gasteiger partial charge in [-0.3, -0.25) is 4.79 Å². The summed E-state index contributed by atoms with van der Waals surface area (Å²) >= 11 is 0. The lowest BCUT2D eigenvalue weighted by molar-refractivity contribution is -0.143. The zero-order valence-electron chi connectivity index (χ0n) is 13.6. The van der Waals surface area contributed by atoms with E-state index in [0.29, 0.717) is 26.1 Å². The van der Waals surface area contributed by atoms with Crippen LogP contribution in [0.25, 0.3) is 0 Å². The summed E-state index contributed by atoms with van der Waals surface area (Å²) < 4.78 is 10.8. The Balaban J connectivity index is 1.73. The Hall–Kier alpha value is -1.39. The van der Waals surface area contributed by atoms with E-state index in [0.717, 1.165) is 13.2 Å². The van der Waals surface area contributed by atoms with E-state index < -0.39 is 0 Å². The summed E-state index contributed by atoms with van der Waals surface area (Å²) in [6, 6.07) is 8.18. The van der Waals surface area contributed by atoms with Crippen LogP contribution in [-0.4, -0.2) is 43.7 Å². The molecule has 1 aromatic carbocycles. The highest BCUT2D eigenvalue weighted by molar-refractivity contribution is 5.69. The van der Waals surface area contributed by atoms with Crippen LogP contribution in [0.3, 0.4) is 0 Å². The minimum atomic E-state index is -0.132. The maximum atomic E-state index is 11.5. The van der Waals surface area contributed by atoms with Gasteiger partial charge in [0.25, 0.3) is 0 Å². The normalized spacial score (nSPS) is 15.1. The molecule has 4 heteroatoms. The summed E-state index contributed by atoms with van der Waals surface area (Å²) in [5, 5.41) is 0. The molecule has 1 saturated heterocycles. The van der Waals surface area contributed by atoms with Gasteiger partial charge in [0.1, 0.15) is 0 Å². The van der Waals surface area contributed by atoms with E-state index >= 15 is 0 Å². The summed E-state index contributed by atoms with van der Waals surface area (Å²) in [5.41, 5.74) is 2.35. The first-order valence-corrected chi connectivity index (χ1v) is 8.32. The summed E-state index contributed by atoms with van der Waals surface area (Å²) in [6.45, 7) is 7.10. The molecule has 1 fully saturated rings. The van der Waals surface area contributed by atoms with Gasteiger partial charge in [-0.05, 0) is 50.4 Å². The molecule has 0 aliphatic carbocycles. The third-order valence-corrected chi connectivity index (χ3v) is 4.03. The molecular formula is C18H27NO3. The van der Waals surface area contributed by atoms with Gasteiger partial charge in [0.15, 0.2) is 0 Å². The summed E-state index contributed by atoms with van der Waals surface area (Å²) in [7, 11) is 0. The van der Waals surface area contributed by atoms with Gasteiger partial charge >= 0.3 is 5.97 Å². The summed E-state index contributed by atoms with van der Waals surface area (Å²) in [4.78, 5) is 13.9. The van der Waals surface area contributed by atoms with Crippen LogP contribution >= 0.6 is 0 Å². The Morgan fingerprint density at radius 1 is 1.18 bits per heavy atom. The van der Waals surface area contributed by atoms with Crippen molar-refractivity contribution in [1.29, 1.82) is 0 Å². The fourth-order valence-electron chi connectivity index (χ4n) is 2.79. The highest BCUT2D eigenvalue weighted by atomic mass is 16.5. The fraction of sp³-hybridized carbons (Fsp3) is 0.611.